The van der Waals surface area contributed by atoms with E-state index in [-0.39, 0.29) is 25.1 Å². The topological polar surface area (TPSA) is 50.8 Å². The zero-order valence-electron chi connectivity index (χ0n) is 17.1. The molecule has 3 rings (SSSR count). The second-order valence-corrected chi connectivity index (χ2v) is 8.60. The largest absolute Gasteiger partial charge is 0.495 e. The van der Waals surface area contributed by atoms with Gasteiger partial charge in [-0.3, -0.25) is 0 Å². The lowest BCUT2D eigenvalue weighted by atomic mass is 9.76. The van der Waals surface area contributed by atoms with Crippen molar-refractivity contribution >= 4 is 24.3 Å². The molecule has 10 heteroatoms. The van der Waals surface area contributed by atoms with Crippen LogP contribution in [0.15, 0.2) is 12.1 Å². The Morgan fingerprint density at radius 3 is 2.34 bits per heavy atom. The van der Waals surface area contributed by atoms with Gasteiger partial charge in [0, 0.05) is 6.54 Å². The van der Waals surface area contributed by atoms with E-state index in [0.717, 1.165) is 0 Å². The highest BCUT2D eigenvalue weighted by atomic mass is 19.4. The first-order valence-electron chi connectivity index (χ1n) is 9.53. The smallest absolute Gasteiger partial charge is 0.399 e. The molecule has 1 aromatic carbocycles. The van der Waals surface area contributed by atoms with Crippen molar-refractivity contribution in [1.82, 2.24) is 4.90 Å². The van der Waals surface area contributed by atoms with Crippen molar-refractivity contribution in [2.45, 2.75) is 70.9 Å². The van der Waals surface area contributed by atoms with Crippen molar-refractivity contribution in [3.8, 4) is 0 Å². The standard InChI is InChI=1S/C19H25BF4N2O3/c1-11-9-13(21)14(10-12(11)20-28-17(2,3)18(4,5)29-20)25-16(27)26-8-6-7-15(26)19(22,23)24/h9-10,15H,6-8H2,1-5H3,(H,25,27). The second-order valence-electron chi connectivity index (χ2n) is 8.60. The van der Waals surface area contributed by atoms with E-state index in [1.807, 2.05) is 27.7 Å². The number of aryl methyl sites for hydroxylation is 1. The van der Waals surface area contributed by atoms with Crippen molar-refractivity contribution in [2.75, 3.05) is 11.9 Å². The average Bonchev–Trinajstić information content (AvgIpc) is 3.13. The van der Waals surface area contributed by atoms with Gasteiger partial charge in [0.15, 0.2) is 0 Å². The van der Waals surface area contributed by atoms with Crippen LogP contribution < -0.4 is 10.8 Å². The molecule has 2 heterocycles. The molecule has 2 fully saturated rings. The maximum Gasteiger partial charge on any atom is 0.495 e. The summed E-state index contributed by atoms with van der Waals surface area (Å²) in [6, 6.07) is -0.268. The highest BCUT2D eigenvalue weighted by molar-refractivity contribution is 6.62. The number of alkyl halides is 3. The minimum atomic E-state index is -4.52. The van der Waals surface area contributed by atoms with E-state index in [2.05, 4.69) is 5.32 Å². The van der Waals surface area contributed by atoms with Gasteiger partial charge in [-0.15, -0.1) is 0 Å². The number of carbonyl (C=O) groups excluding carboxylic acids is 1. The fourth-order valence-electron chi connectivity index (χ4n) is 3.55. The van der Waals surface area contributed by atoms with Crippen LogP contribution in [0.5, 0.6) is 0 Å². The van der Waals surface area contributed by atoms with Crippen LogP contribution in [0, 0.1) is 12.7 Å². The van der Waals surface area contributed by atoms with Gasteiger partial charge in [-0.2, -0.15) is 13.2 Å². The van der Waals surface area contributed by atoms with Crippen LogP contribution in [0.4, 0.5) is 28.0 Å². The van der Waals surface area contributed by atoms with Gasteiger partial charge >= 0.3 is 19.3 Å². The minimum Gasteiger partial charge on any atom is -0.399 e. The number of benzene rings is 1. The molecular weight excluding hydrogens is 391 g/mol. The molecule has 160 valence electrons. The van der Waals surface area contributed by atoms with Crippen LogP contribution in [0.3, 0.4) is 0 Å². The molecule has 2 aliphatic heterocycles. The van der Waals surface area contributed by atoms with Gasteiger partial charge in [0.1, 0.15) is 11.9 Å². The Labute approximate surface area is 167 Å². The van der Waals surface area contributed by atoms with E-state index in [1.165, 1.54) is 12.1 Å². The Morgan fingerprint density at radius 1 is 1.21 bits per heavy atom. The van der Waals surface area contributed by atoms with Crippen LogP contribution in [0.2, 0.25) is 0 Å². The number of halogens is 4. The van der Waals surface area contributed by atoms with Crippen LogP contribution in [-0.4, -0.2) is 48.0 Å². The van der Waals surface area contributed by atoms with Gasteiger partial charge in [0.2, 0.25) is 0 Å². The van der Waals surface area contributed by atoms with E-state index < -0.39 is 42.4 Å². The highest BCUT2D eigenvalue weighted by Crippen LogP contribution is 2.37. The SMILES string of the molecule is Cc1cc(F)c(NC(=O)N2CCCC2C(F)(F)F)cc1B1OC(C)(C)C(C)(C)O1. The first-order chi connectivity index (χ1) is 13.2. The molecule has 2 saturated heterocycles. The van der Waals surface area contributed by atoms with Gasteiger partial charge in [0.25, 0.3) is 0 Å². The predicted octanol–water partition coefficient (Wildman–Crippen LogP) is 3.99. The summed E-state index contributed by atoms with van der Waals surface area (Å²) in [5, 5.41) is 2.29. The molecule has 1 unspecified atom stereocenters. The third-order valence-electron chi connectivity index (χ3n) is 6.00. The summed E-state index contributed by atoms with van der Waals surface area (Å²) in [6.07, 6.45) is -4.44. The van der Waals surface area contributed by atoms with Crippen LogP contribution in [0.25, 0.3) is 0 Å². The molecule has 5 nitrogen and oxygen atoms in total. The van der Waals surface area contributed by atoms with Gasteiger partial charge < -0.3 is 19.5 Å². The van der Waals surface area contributed by atoms with Crippen molar-refractivity contribution in [3.63, 3.8) is 0 Å². The van der Waals surface area contributed by atoms with Crippen molar-refractivity contribution in [2.24, 2.45) is 0 Å². The second kappa shape index (κ2) is 7.16. The molecule has 29 heavy (non-hydrogen) atoms. The number of amides is 2. The summed E-state index contributed by atoms with van der Waals surface area (Å²) in [7, 11) is -0.786. The molecule has 2 amide bonds. The molecule has 0 bridgehead atoms. The number of rotatable bonds is 2. The third-order valence-corrected chi connectivity index (χ3v) is 6.00. The lowest BCUT2D eigenvalue weighted by molar-refractivity contribution is -0.168. The van der Waals surface area contributed by atoms with Crippen LogP contribution >= 0.6 is 0 Å². The summed E-state index contributed by atoms with van der Waals surface area (Å²) in [5.74, 6) is -0.737. The minimum absolute atomic E-state index is 0.0342. The summed E-state index contributed by atoms with van der Waals surface area (Å²) in [6.45, 7) is 9.14. The number of urea groups is 1. The van der Waals surface area contributed by atoms with E-state index in [4.69, 9.17) is 9.31 Å². The van der Waals surface area contributed by atoms with E-state index >= 15 is 0 Å². The lowest BCUT2D eigenvalue weighted by Crippen LogP contribution is -2.46. The summed E-state index contributed by atoms with van der Waals surface area (Å²) in [4.78, 5) is 13.1. The van der Waals surface area contributed by atoms with Crippen molar-refractivity contribution < 1.29 is 31.7 Å². The molecular formula is C19H25BF4N2O3. The molecule has 1 aromatic rings. The van der Waals surface area contributed by atoms with E-state index in [9.17, 15) is 22.4 Å². The van der Waals surface area contributed by atoms with Gasteiger partial charge in [-0.1, -0.05) is 0 Å². The van der Waals surface area contributed by atoms with Gasteiger partial charge in [-0.05, 0) is 70.6 Å². The normalized spacial score (nSPS) is 23.6. The van der Waals surface area contributed by atoms with Crippen LogP contribution in [0.1, 0.15) is 46.1 Å². The zero-order valence-corrected chi connectivity index (χ0v) is 17.1. The third kappa shape index (κ3) is 4.09. The predicted molar refractivity (Wildman–Crippen MR) is 102 cm³/mol. The van der Waals surface area contributed by atoms with E-state index in [1.54, 1.807) is 6.92 Å². The Hall–Kier alpha value is -1.81. The molecule has 0 saturated carbocycles. The van der Waals surface area contributed by atoms with E-state index in [0.29, 0.717) is 15.9 Å². The summed E-state index contributed by atoms with van der Waals surface area (Å²) >= 11 is 0. The zero-order chi connectivity index (χ0) is 21.8. The Bertz CT molecular complexity index is 797. The molecule has 0 aromatic heterocycles. The molecule has 1 atom stereocenters. The molecule has 2 aliphatic rings. The van der Waals surface area contributed by atoms with Crippen molar-refractivity contribution in [3.05, 3.63) is 23.5 Å². The first kappa shape index (κ1) is 21.9. The molecule has 1 N–H and O–H groups in total. The average molecular weight is 416 g/mol. The maximum atomic E-state index is 14.5. The summed E-state index contributed by atoms with van der Waals surface area (Å²) < 4.78 is 65.8. The number of nitrogens with zero attached hydrogens (tertiary/aromatic N) is 1. The van der Waals surface area contributed by atoms with Gasteiger partial charge in [-0.25, -0.2) is 9.18 Å². The maximum absolute atomic E-state index is 14.5. The Balaban J connectivity index is 1.84. The quantitative estimate of drug-likeness (QED) is 0.586. The monoisotopic (exact) mass is 416 g/mol. The lowest BCUT2D eigenvalue weighted by Gasteiger charge is -2.32. The number of carbonyl (C=O) groups is 1. The Kier molecular flexibility index (Phi) is 5.40. The summed E-state index contributed by atoms with van der Waals surface area (Å²) in [5.41, 5.74) is -0.380. The number of anilines is 1. The fraction of sp³-hybridized carbons (Fsp3) is 0.632. The number of hydrogen-bond acceptors (Lipinski definition) is 3. The van der Waals surface area contributed by atoms with Crippen molar-refractivity contribution in [1.29, 1.82) is 0 Å². The first-order valence-corrected chi connectivity index (χ1v) is 9.53. The molecule has 0 aliphatic carbocycles. The van der Waals surface area contributed by atoms with Gasteiger partial charge in [0.05, 0.1) is 16.9 Å². The Morgan fingerprint density at radius 2 is 1.79 bits per heavy atom. The molecule has 0 radical (unpaired) electrons. The number of hydrogen-bond donors (Lipinski definition) is 1. The number of nitrogens with one attached hydrogen (secondary N) is 1. The fourth-order valence-corrected chi connectivity index (χ4v) is 3.55. The number of likely N-dealkylation sites (tertiary alicyclic amines) is 1. The van der Waals surface area contributed by atoms with Crippen LogP contribution in [-0.2, 0) is 9.31 Å². The molecule has 0 spiro atoms. The highest BCUT2D eigenvalue weighted by Gasteiger charge is 2.52.